The summed E-state index contributed by atoms with van der Waals surface area (Å²) in [5, 5.41) is -0.357. The summed E-state index contributed by atoms with van der Waals surface area (Å²) >= 11 is 0. The standard InChI is InChI=1S/C11H14ClNO4S2/c12-18(14,15)10-7-5-9(6-8-10)13-19(16,17)11-3-1-2-4-11/h5-8,11,13H,1-4H2. The first-order valence-electron chi connectivity index (χ1n) is 5.85. The Bertz CT molecular complexity index is 646. The van der Waals surface area contributed by atoms with Gasteiger partial charge in [-0.3, -0.25) is 4.72 Å². The summed E-state index contributed by atoms with van der Waals surface area (Å²) in [4.78, 5) is -0.0574. The predicted molar refractivity (Wildman–Crippen MR) is 74.3 cm³/mol. The van der Waals surface area contributed by atoms with E-state index < -0.39 is 19.1 Å². The lowest BCUT2D eigenvalue weighted by atomic mass is 10.3. The van der Waals surface area contributed by atoms with Crippen molar-refractivity contribution in [2.24, 2.45) is 0 Å². The van der Waals surface area contributed by atoms with Crippen LogP contribution in [0.2, 0.25) is 0 Å². The molecule has 1 aliphatic rings. The van der Waals surface area contributed by atoms with Gasteiger partial charge in [-0.15, -0.1) is 0 Å². The minimum atomic E-state index is -3.78. The van der Waals surface area contributed by atoms with Crippen LogP contribution in [-0.4, -0.2) is 22.1 Å². The van der Waals surface area contributed by atoms with E-state index in [0.717, 1.165) is 12.8 Å². The number of benzene rings is 1. The van der Waals surface area contributed by atoms with Gasteiger partial charge >= 0.3 is 0 Å². The van der Waals surface area contributed by atoms with Crippen molar-refractivity contribution >= 4 is 35.4 Å². The number of halogens is 1. The minimum Gasteiger partial charge on any atom is -0.283 e. The summed E-state index contributed by atoms with van der Waals surface area (Å²) in [5.74, 6) is 0. The molecule has 0 radical (unpaired) electrons. The van der Waals surface area contributed by atoms with E-state index >= 15 is 0 Å². The predicted octanol–water partition coefficient (Wildman–Crippen LogP) is 2.30. The van der Waals surface area contributed by atoms with E-state index in [2.05, 4.69) is 4.72 Å². The van der Waals surface area contributed by atoms with Gasteiger partial charge in [-0.2, -0.15) is 0 Å². The number of hydrogen-bond donors (Lipinski definition) is 1. The van der Waals surface area contributed by atoms with Gasteiger partial charge in [0.2, 0.25) is 10.0 Å². The molecule has 0 aromatic heterocycles. The van der Waals surface area contributed by atoms with Gasteiger partial charge in [0, 0.05) is 16.4 Å². The first-order chi connectivity index (χ1) is 8.79. The largest absolute Gasteiger partial charge is 0.283 e. The van der Waals surface area contributed by atoms with Crippen LogP contribution >= 0.6 is 10.7 Å². The van der Waals surface area contributed by atoms with E-state index in [-0.39, 0.29) is 10.1 Å². The Labute approximate surface area is 117 Å². The zero-order valence-corrected chi connectivity index (χ0v) is 12.4. The van der Waals surface area contributed by atoms with E-state index in [4.69, 9.17) is 10.7 Å². The highest BCUT2D eigenvalue weighted by Gasteiger charge is 2.28. The summed E-state index contributed by atoms with van der Waals surface area (Å²) < 4.78 is 48.7. The van der Waals surface area contributed by atoms with Crippen LogP contribution in [0.1, 0.15) is 25.7 Å². The molecule has 0 saturated heterocycles. The van der Waals surface area contributed by atoms with Gasteiger partial charge in [-0.25, -0.2) is 16.8 Å². The molecule has 2 rings (SSSR count). The Morgan fingerprint density at radius 2 is 1.53 bits per heavy atom. The summed E-state index contributed by atoms with van der Waals surface area (Å²) in [7, 11) is -2.00. The van der Waals surface area contributed by atoms with Crippen molar-refractivity contribution in [1.82, 2.24) is 0 Å². The highest BCUT2D eigenvalue weighted by Crippen LogP contribution is 2.26. The Morgan fingerprint density at radius 3 is 2.00 bits per heavy atom. The zero-order chi connectivity index (χ0) is 14.1. The fourth-order valence-electron chi connectivity index (χ4n) is 2.13. The molecule has 19 heavy (non-hydrogen) atoms. The van der Waals surface area contributed by atoms with Crippen molar-refractivity contribution < 1.29 is 16.8 Å². The molecule has 0 spiro atoms. The van der Waals surface area contributed by atoms with Crippen molar-refractivity contribution in [3.8, 4) is 0 Å². The molecule has 0 unspecified atom stereocenters. The van der Waals surface area contributed by atoms with E-state index in [1.807, 2.05) is 0 Å². The minimum absolute atomic E-state index is 0.0574. The molecule has 1 aliphatic carbocycles. The summed E-state index contributed by atoms with van der Waals surface area (Å²) in [6.07, 6.45) is 3.19. The van der Waals surface area contributed by atoms with Gasteiger partial charge in [0.15, 0.2) is 0 Å². The topological polar surface area (TPSA) is 80.3 Å². The summed E-state index contributed by atoms with van der Waals surface area (Å²) in [5.41, 5.74) is 0.343. The number of nitrogens with one attached hydrogen (secondary N) is 1. The molecule has 8 heteroatoms. The second kappa shape index (κ2) is 5.30. The van der Waals surface area contributed by atoms with Crippen LogP contribution in [0.5, 0.6) is 0 Å². The zero-order valence-electron chi connectivity index (χ0n) is 10.0. The van der Waals surface area contributed by atoms with Gasteiger partial charge in [0.05, 0.1) is 10.1 Å². The first kappa shape index (κ1) is 14.6. The smallest absolute Gasteiger partial charge is 0.261 e. The van der Waals surface area contributed by atoms with Crippen LogP contribution in [0, 0.1) is 0 Å². The molecule has 106 valence electrons. The second-order valence-electron chi connectivity index (χ2n) is 4.52. The quantitative estimate of drug-likeness (QED) is 0.862. The molecular formula is C11H14ClNO4S2. The molecule has 5 nitrogen and oxygen atoms in total. The van der Waals surface area contributed by atoms with Crippen LogP contribution in [-0.2, 0) is 19.1 Å². The monoisotopic (exact) mass is 323 g/mol. The lowest BCUT2D eigenvalue weighted by Gasteiger charge is -2.13. The summed E-state index contributed by atoms with van der Waals surface area (Å²) in [6, 6.07) is 5.33. The molecule has 0 aliphatic heterocycles. The molecule has 0 atom stereocenters. The number of anilines is 1. The molecule has 1 saturated carbocycles. The lowest BCUT2D eigenvalue weighted by Crippen LogP contribution is -2.25. The van der Waals surface area contributed by atoms with Crippen molar-refractivity contribution in [3.05, 3.63) is 24.3 Å². The second-order valence-corrected chi connectivity index (χ2v) is 9.04. The van der Waals surface area contributed by atoms with Gasteiger partial charge in [0.25, 0.3) is 9.05 Å². The SMILES string of the molecule is O=S(=O)(Cl)c1ccc(NS(=O)(=O)C2CCCC2)cc1. The first-order valence-corrected chi connectivity index (χ1v) is 9.71. The number of hydrogen-bond acceptors (Lipinski definition) is 4. The van der Waals surface area contributed by atoms with Crippen LogP contribution in [0.15, 0.2) is 29.2 Å². The maximum atomic E-state index is 12.0. The Morgan fingerprint density at radius 1 is 1.00 bits per heavy atom. The number of sulfonamides is 1. The Balaban J connectivity index is 2.16. The third-order valence-corrected chi connectivity index (χ3v) is 6.38. The third kappa shape index (κ3) is 3.61. The maximum Gasteiger partial charge on any atom is 0.261 e. The molecule has 1 N–H and O–H groups in total. The summed E-state index contributed by atoms with van der Waals surface area (Å²) in [6.45, 7) is 0. The van der Waals surface area contributed by atoms with Crippen molar-refractivity contribution in [1.29, 1.82) is 0 Å². The van der Waals surface area contributed by atoms with Gasteiger partial charge in [-0.05, 0) is 37.1 Å². The number of rotatable bonds is 4. The molecule has 1 aromatic rings. The van der Waals surface area contributed by atoms with Gasteiger partial charge in [-0.1, -0.05) is 12.8 Å². The highest BCUT2D eigenvalue weighted by atomic mass is 35.7. The highest BCUT2D eigenvalue weighted by molar-refractivity contribution is 8.13. The lowest BCUT2D eigenvalue weighted by molar-refractivity contribution is 0.585. The van der Waals surface area contributed by atoms with Crippen molar-refractivity contribution in [2.75, 3.05) is 4.72 Å². The maximum absolute atomic E-state index is 12.0. The van der Waals surface area contributed by atoms with E-state index in [0.29, 0.717) is 18.5 Å². The molecule has 1 aromatic carbocycles. The molecule has 0 heterocycles. The normalized spacial score (nSPS) is 17.5. The molecule has 0 bridgehead atoms. The fraction of sp³-hybridized carbons (Fsp3) is 0.455. The van der Waals surface area contributed by atoms with E-state index in [1.54, 1.807) is 0 Å². The van der Waals surface area contributed by atoms with Gasteiger partial charge in [0.1, 0.15) is 0 Å². The van der Waals surface area contributed by atoms with Crippen LogP contribution < -0.4 is 4.72 Å². The van der Waals surface area contributed by atoms with Crippen molar-refractivity contribution in [3.63, 3.8) is 0 Å². The van der Waals surface area contributed by atoms with Crippen molar-refractivity contribution in [2.45, 2.75) is 35.8 Å². The van der Waals surface area contributed by atoms with Crippen LogP contribution in [0.3, 0.4) is 0 Å². The Hall–Kier alpha value is -0.790. The van der Waals surface area contributed by atoms with E-state index in [9.17, 15) is 16.8 Å². The van der Waals surface area contributed by atoms with Crippen LogP contribution in [0.4, 0.5) is 5.69 Å². The van der Waals surface area contributed by atoms with E-state index in [1.165, 1.54) is 24.3 Å². The Kier molecular flexibility index (Phi) is 4.08. The fourth-order valence-corrected chi connectivity index (χ4v) is 4.49. The molecular weight excluding hydrogens is 310 g/mol. The van der Waals surface area contributed by atoms with Gasteiger partial charge < -0.3 is 0 Å². The molecule has 0 amide bonds. The molecule has 1 fully saturated rings. The third-order valence-electron chi connectivity index (χ3n) is 3.14. The van der Waals surface area contributed by atoms with Crippen LogP contribution in [0.25, 0.3) is 0 Å². The average molecular weight is 324 g/mol. The average Bonchev–Trinajstić information content (AvgIpc) is 2.82.